The molecule has 6 nitrogen and oxygen atoms in total. The van der Waals surface area contributed by atoms with Crippen molar-refractivity contribution < 1.29 is 4.39 Å². The molecule has 0 aliphatic carbocycles. The summed E-state index contributed by atoms with van der Waals surface area (Å²) in [5.74, 6) is 0.613. The predicted octanol–water partition coefficient (Wildman–Crippen LogP) is 3.04. The van der Waals surface area contributed by atoms with Crippen LogP contribution >= 0.6 is 15.9 Å². The maximum Gasteiger partial charge on any atom is 0.226 e. The summed E-state index contributed by atoms with van der Waals surface area (Å²) >= 11 is 3.12. The first kappa shape index (κ1) is 12.8. The van der Waals surface area contributed by atoms with Gasteiger partial charge in [0.05, 0.1) is 10.8 Å². The first-order valence-corrected chi connectivity index (χ1v) is 6.57. The Morgan fingerprint density at radius 2 is 2.15 bits per heavy atom. The monoisotopic (exact) mass is 336 g/mol. The van der Waals surface area contributed by atoms with E-state index >= 15 is 0 Å². The number of benzene rings is 1. The molecule has 3 aromatic rings. The van der Waals surface area contributed by atoms with Crippen molar-refractivity contribution >= 4 is 44.5 Å². The van der Waals surface area contributed by atoms with Gasteiger partial charge < -0.3 is 15.6 Å². The second-order valence-electron chi connectivity index (χ2n) is 4.00. The van der Waals surface area contributed by atoms with Crippen molar-refractivity contribution in [3.8, 4) is 0 Å². The maximum atomic E-state index is 13.5. The number of nitrogens with one attached hydrogen (secondary N) is 3. The van der Waals surface area contributed by atoms with Crippen molar-refractivity contribution in [2.24, 2.45) is 0 Å². The molecule has 0 atom stereocenters. The fourth-order valence-corrected chi connectivity index (χ4v) is 1.99. The lowest BCUT2D eigenvalue weighted by molar-refractivity contribution is 0.622. The molecule has 1 aromatic carbocycles. The minimum Gasteiger partial charge on any atom is -0.357 e. The molecule has 102 valence electrons. The Hall–Kier alpha value is -2.22. The van der Waals surface area contributed by atoms with Gasteiger partial charge in [0.2, 0.25) is 5.95 Å². The van der Waals surface area contributed by atoms with E-state index in [1.807, 2.05) is 0 Å². The Balaban J connectivity index is 2.04. The second-order valence-corrected chi connectivity index (χ2v) is 4.86. The molecule has 8 heteroatoms. The molecule has 2 aromatic heterocycles. The van der Waals surface area contributed by atoms with Gasteiger partial charge in [-0.3, -0.25) is 0 Å². The van der Waals surface area contributed by atoms with Crippen LogP contribution in [0.2, 0.25) is 0 Å². The van der Waals surface area contributed by atoms with Crippen molar-refractivity contribution in [2.75, 3.05) is 17.7 Å². The summed E-state index contributed by atoms with van der Waals surface area (Å²) in [6, 6.07) is 4.76. The van der Waals surface area contributed by atoms with Crippen LogP contribution in [0.15, 0.2) is 29.0 Å². The van der Waals surface area contributed by atoms with Gasteiger partial charge in [0.25, 0.3) is 0 Å². The molecule has 3 rings (SSSR count). The fourth-order valence-electron chi connectivity index (χ4n) is 1.75. The zero-order chi connectivity index (χ0) is 14.1. The molecule has 0 aliphatic rings. The lowest BCUT2D eigenvalue weighted by Crippen LogP contribution is -2.02. The minimum absolute atomic E-state index is 0.348. The van der Waals surface area contributed by atoms with Crippen molar-refractivity contribution in [3.63, 3.8) is 0 Å². The number of nitrogens with zero attached hydrogens (tertiary/aromatic N) is 3. The maximum absolute atomic E-state index is 13.5. The first-order chi connectivity index (χ1) is 9.67. The topological polar surface area (TPSA) is 78.5 Å². The molecule has 0 aliphatic heterocycles. The normalized spacial score (nSPS) is 10.8. The highest BCUT2D eigenvalue weighted by Gasteiger charge is 2.10. The highest BCUT2D eigenvalue weighted by molar-refractivity contribution is 9.10. The number of aromatic amines is 1. The number of aromatic nitrogens is 4. The molecule has 0 saturated carbocycles. The molecule has 20 heavy (non-hydrogen) atoms. The third-order valence-corrected chi connectivity index (χ3v) is 3.33. The molecule has 0 amide bonds. The summed E-state index contributed by atoms with van der Waals surface area (Å²) in [6.07, 6.45) is 1.53. The van der Waals surface area contributed by atoms with Gasteiger partial charge in [-0.25, -0.2) is 9.37 Å². The molecule has 0 fully saturated rings. The van der Waals surface area contributed by atoms with Crippen LogP contribution in [0.5, 0.6) is 0 Å². The predicted molar refractivity (Wildman–Crippen MR) is 78.6 cm³/mol. The molecular weight excluding hydrogens is 327 g/mol. The van der Waals surface area contributed by atoms with Crippen LogP contribution < -0.4 is 10.6 Å². The van der Waals surface area contributed by atoms with E-state index < -0.39 is 0 Å². The summed E-state index contributed by atoms with van der Waals surface area (Å²) in [6.45, 7) is 0. The minimum atomic E-state index is -0.348. The van der Waals surface area contributed by atoms with Crippen LogP contribution in [-0.4, -0.2) is 27.0 Å². The van der Waals surface area contributed by atoms with Gasteiger partial charge in [0, 0.05) is 12.7 Å². The quantitative estimate of drug-likeness (QED) is 0.685. The first-order valence-electron chi connectivity index (χ1n) is 5.78. The zero-order valence-corrected chi connectivity index (χ0v) is 12.0. The Morgan fingerprint density at radius 3 is 2.90 bits per heavy atom. The molecule has 0 spiro atoms. The summed E-state index contributed by atoms with van der Waals surface area (Å²) in [5.41, 5.74) is 1.78. The van der Waals surface area contributed by atoms with Gasteiger partial charge >= 0.3 is 0 Å². The van der Waals surface area contributed by atoms with E-state index in [0.717, 1.165) is 0 Å². The van der Waals surface area contributed by atoms with E-state index in [1.54, 1.807) is 19.2 Å². The number of fused-ring (bicyclic) bond motifs is 1. The number of hydrogen-bond donors (Lipinski definition) is 3. The molecular formula is C12H10BrFN6. The van der Waals surface area contributed by atoms with Crippen LogP contribution in [0.3, 0.4) is 0 Å². The summed E-state index contributed by atoms with van der Waals surface area (Å²) in [5, 5.41) is 5.91. The summed E-state index contributed by atoms with van der Waals surface area (Å²) < 4.78 is 13.9. The van der Waals surface area contributed by atoms with E-state index in [-0.39, 0.29) is 5.82 Å². The van der Waals surface area contributed by atoms with Crippen LogP contribution in [0, 0.1) is 5.82 Å². The molecule has 2 heterocycles. The van der Waals surface area contributed by atoms with E-state index in [0.29, 0.717) is 33.1 Å². The molecule has 0 bridgehead atoms. The lowest BCUT2D eigenvalue weighted by atomic mass is 10.3. The highest BCUT2D eigenvalue weighted by Crippen LogP contribution is 2.25. The van der Waals surface area contributed by atoms with E-state index in [2.05, 4.69) is 46.5 Å². The van der Waals surface area contributed by atoms with Crippen LogP contribution in [-0.2, 0) is 0 Å². The van der Waals surface area contributed by atoms with Crippen LogP contribution in [0.25, 0.3) is 11.2 Å². The fraction of sp³-hybridized carbons (Fsp3) is 0.0833. The van der Waals surface area contributed by atoms with Crippen molar-refractivity contribution in [2.45, 2.75) is 0 Å². The van der Waals surface area contributed by atoms with Gasteiger partial charge in [0.1, 0.15) is 11.3 Å². The average molecular weight is 337 g/mol. The number of rotatable bonds is 3. The van der Waals surface area contributed by atoms with Crippen molar-refractivity contribution in [1.82, 2.24) is 19.9 Å². The standard InChI is InChI=1S/C12H10BrFN6/c1-15-12-19-10-9(16-5-17-10)11(20-12)18-6-2-3-7(13)8(14)4-6/h2-5H,1H3,(H3,15,16,17,18,19,20). The third-order valence-electron chi connectivity index (χ3n) is 2.69. The van der Waals surface area contributed by atoms with Crippen molar-refractivity contribution in [3.05, 3.63) is 34.8 Å². The molecule has 0 radical (unpaired) electrons. The molecule has 0 saturated heterocycles. The molecule has 3 N–H and O–H groups in total. The smallest absolute Gasteiger partial charge is 0.226 e. The number of hydrogen-bond acceptors (Lipinski definition) is 5. The Labute approximate surface area is 122 Å². The lowest BCUT2D eigenvalue weighted by Gasteiger charge is -2.08. The Kier molecular flexibility index (Phi) is 3.23. The van der Waals surface area contributed by atoms with Crippen molar-refractivity contribution in [1.29, 1.82) is 0 Å². The average Bonchev–Trinajstić information content (AvgIpc) is 2.91. The largest absolute Gasteiger partial charge is 0.357 e. The highest BCUT2D eigenvalue weighted by atomic mass is 79.9. The van der Waals surface area contributed by atoms with Gasteiger partial charge in [-0.1, -0.05) is 0 Å². The van der Waals surface area contributed by atoms with Crippen LogP contribution in [0.1, 0.15) is 0 Å². The van der Waals surface area contributed by atoms with Gasteiger partial charge in [-0.2, -0.15) is 9.97 Å². The number of imidazole rings is 1. The summed E-state index contributed by atoms with van der Waals surface area (Å²) in [7, 11) is 1.72. The van der Waals surface area contributed by atoms with Crippen LogP contribution in [0.4, 0.5) is 21.8 Å². The van der Waals surface area contributed by atoms with E-state index in [1.165, 1.54) is 12.4 Å². The number of H-pyrrole nitrogens is 1. The summed E-state index contributed by atoms with van der Waals surface area (Å²) in [4.78, 5) is 15.6. The SMILES string of the molecule is CNc1nc(Nc2ccc(Br)c(F)c2)c2[nH]cnc2n1. The second kappa shape index (κ2) is 5.04. The van der Waals surface area contributed by atoms with Gasteiger partial charge in [0.15, 0.2) is 11.5 Å². The Morgan fingerprint density at radius 1 is 1.30 bits per heavy atom. The number of anilines is 3. The van der Waals surface area contributed by atoms with E-state index in [4.69, 9.17) is 0 Å². The van der Waals surface area contributed by atoms with Gasteiger partial charge in [-0.15, -0.1) is 0 Å². The third kappa shape index (κ3) is 2.29. The number of halogens is 2. The van der Waals surface area contributed by atoms with Gasteiger partial charge in [-0.05, 0) is 34.1 Å². The Bertz CT molecular complexity index is 772. The molecule has 0 unspecified atom stereocenters. The zero-order valence-electron chi connectivity index (χ0n) is 10.4. The van der Waals surface area contributed by atoms with E-state index in [9.17, 15) is 4.39 Å².